The summed E-state index contributed by atoms with van der Waals surface area (Å²) in [7, 11) is 0. The first-order valence-corrected chi connectivity index (χ1v) is 7.34. The van der Waals surface area contributed by atoms with Crippen molar-refractivity contribution in [3.63, 3.8) is 0 Å². The Morgan fingerprint density at radius 1 is 1.05 bits per heavy atom. The van der Waals surface area contributed by atoms with E-state index >= 15 is 0 Å². The van der Waals surface area contributed by atoms with Gasteiger partial charge >= 0.3 is 0 Å². The van der Waals surface area contributed by atoms with Crippen LogP contribution >= 0.6 is 15.9 Å². The van der Waals surface area contributed by atoms with Crippen LogP contribution in [0.15, 0.2) is 16.6 Å². The average Bonchev–Trinajstić information content (AvgIpc) is 2.16. The van der Waals surface area contributed by atoms with Crippen molar-refractivity contribution in [2.45, 2.75) is 59.3 Å². The van der Waals surface area contributed by atoms with Crippen molar-refractivity contribution >= 4 is 27.5 Å². The van der Waals surface area contributed by atoms with E-state index in [4.69, 9.17) is 0 Å². The van der Waals surface area contributed by atoms with Crippen LogP contribution < -0.4 is 5.32 Å². The van der Waals surface area contributed by atoms with E-state index in [-0.39, 0.29) is 16.7 Å². The van der Waals surface area contributed by atoms with Crippen LogP contribution in [0.4, 0.5) is 5.69 Å². The lowest BCUT2D eigenvalue weighted by Crippen LogP contribution is -2.20. The molecule has 0 unspecified atom stereocenters. The molecule has 1 aromatic rings. The zero-order valence-corrected chi connectivity index (χ0v) is 14.5. The molecule has 0 saturated carbocycles. The third kappa shape index (κ3) is 4.07. The molecule has 0 atom stereocenters. The fourth-order valence-electron chi connectivity index (χ4n) is 1.93. The van der Waals surface area contributed by atoms with Gasteiger partial charge in [-0.3, -0.25) is 4.79 Å². The highest BCUT2D eigenvalue weighted by Crippen LogP contribution is 2.39. The second kappa shape index (κ2) is 5.28. The summed E-state index contributed by atoms with van der Waals surface area (Å²) in [5, 5.41) is 2.94. The van der Waals surface area contributed by atoms with Gasteiger partial charge in [-0.05, 0) is 44.0 Å². The molecule has 0 aliphatic carbocycles. The number of rotatable bonds is 1. The van der Waals surface area contributed by atoms with Gasteiger partial charge < -0.3 is 5.32 Å². The van der Waals surface area contributed by atoms with Crippen LogP contribution in [0.3, 0.4) is 0 Å². The number of hydrogen-bond donors (Lipinski definition) is 1. The lowest BCUT2D eigenvalue weighted by atomic mass is 9.80. The Morgan fingerprint density at radius 2 is 1.58 bits per heavy atom. The average molecular weight is 326 g/mol. The van der Waals surface area contributed by atoms with E-state index in [1.54, 1.807) is 0 Å². The molecular formula is C16H24BrNO. The van der Waals surface area contributed by atoms with E-state index in [9.17, 15) is 4.79 Å². The fraction of sp³-hybridized carbons (Fsp3) is 0.562. The molecule has 1 aromatic carbocycles. The number of carbonyl (C=O) groups is 1. The van der Waals surface area contributed by atoms with Gasteiger partial charge in [0.25, 0.3) is 0 Å². The summed E-state index contributed by atoms with van der Waals surface area (Å²) >= 11 is 3.60. The van der Waals surface area contributed by atoms with Gasteiger partial charge in [0.2, 0.25) is 5.91 Å². The number of halogens is 1. The molecule has 0 heterocycles. The van der Waals surface area contributed by atoms with Crippen LogP contribution in [0.5, 0.6) is 0 Å². The van der Waals surface area contributed by atoms with Crippen molar-refractivity contribution in [1.29, 1.82) is 0 Å². The summed E-state index contributed by atoms with van der Waals surface area (Å²) in [6.07, 6.45) is 0. The predicted octanol–water partition coefficient (Wildman–Crippen LogP) is 5.00. The molecule has 0 aromatic heterocycles. The van der Waals surface area contributed by atoms with Crippen molar-refractivity contribution in [2.24, 2.45) is 0 Å². The zero-order chi connectivity index (χ0) is 15.0. The largest absolute Gasteiger partial charge is 0.325 e. The number of nitrogens with one attached hydrogen (secondary N) is 1. The number of amides is 1. The lowest BCUT2D eigenvalue weighted by molar-refractivity contribution is -0.114. The van der Waals surface area contributed by atoms with E-state index in [2.05, 4.69) is 74.9 Å². The molecule has 106 valence electrons. The van der Waals surface area contributed by atoms with Crippen LogP contribution in [0.1, 0.15) is 59.6 Å². The molecule has 0 aliphatic heterocycles. The molecule has 1 rings (SSSR count). The number of benzene rings is 1. The maximum absolute atomic E-state index is 11.4. The Balaban J connectivity index is 3.52. The Labute approximate surface area is 125 Å². The van der Waals surface area contributed by atoms with Crippen LogP contribution in [-0.4, -0.2) is 5.91 Å². The minimum Gasteiger partial charge on any atom is -0.325 e. The van der Waals surface area contributed by atoms with Gasteiger partial charge in [0, 0.05) is 11.4 Å². The predicted molar refractivity (Wildman–Crippen MR) is 85.8 cm³/mol. The summed E-state index contributed by atoms with van der Waals surface area (Å²) < 4.78 is 0.944. The summed E-state index contributed by atoms with van der Waals surface area (Å²) in [6, 6.07) is 4.30. The van der Waals surface area contributed by atoms with Gasteiger partial charge in [-0.2, -0.15) is 0 Å². The van der Waals surface area contributed by atoms with Crippen molar-refractivity contribution in [3.8, 4) is 0 Å². The van der Waals surface area contributed by atoms with Crippen molar-refractivity contribution < 1.29 is 4.79 Å². The molecule has 3 heteroatoms. The molecule has 0 saturated heterocycles. The highest BCUT2D eigenvalue weighted by atomic mass is 79.9. The topological polar surface area (TPSA) is 29.1 Å². The molecule has 0 bridgehead atoms. The van der Waals surface area contributed by atoms with E-state index in [0.717, 1.165) is 15.7 Å². The monoisotopic (exact) mass is 325 g/mol. The SMILES string of the molecule is CC(=O)Nc1c(Br)cc(C(C)(C)C)cc1C(C)(C)C. The second-order valence-corrected chi connectivity index (χ2v) is 7.92. The van der Waals surface area contributed by atoms with Gasteiger partial charge in [0.15, 0.2) is 0 Å². The van der Waals surface area contributed by atoms with Gasteiger partial charge in [-0.1, -0.05) is 47.6 Å². The first-order chi connectivity index (χ1) is 8.43. The number of hydrogen-bond acceptors (Lipinski definition) is 1. The Kier molecular flexibility index (Phi) is 4.51. The molecule has 2 nitrogen and oxygen atoms in total. The first-order valence-electron chi connectivity index (χ1n) is 6.55. The Morgan fingerprint density at radius 3 is 1.95 bits per heavy atom. The van der Waals surface area contributed by atoms with E-state index in [1.165, 1.54) is 12.5 Å². The Bertz CT molecular complexity index is 493. The summed E-state index contributed by atoms with van der Waals surface area (Å²) in [6.45, 7) is 14.6. The lowest BCUT2D eigenvalue weighted by Gasteiger charge is -2.28. The molecule has 0 radical (unpaired) electrons. The number of carbonyl (C=O) groups excluding carboxylic acids is 1. The molecule has 0 fully saturated rings. The maximum atomic E-state index is 11.4. The van der Waals surface area contributed by atoms with Gasteiger partial charge in [-0.25, -0.2) is 0 Å². The first kappa shape index (κ1) is 16.2. The molecule has 19 heavy (non-hydrogen) atoms. The highest BCUT2D eigenvalue weighted by molar-refractivity contribution is 9.10. The summed E-state index contributed by atoms with van der Waals surface area (Å²) in [5.41, 5.74) is 3.35. The van der Waals surface area contributed by atoms with E-state index < -0.39 is 0 Å². The minimum absolute atomic E-state index is 0.0262. The van der Waals surface area contributed by atoms with Gasteiger partial charge in [0.1, 0.15) is 0 Å². The third-order valence-electron chi connectivity index (χ3n) is 3.07. The molecule has 1 N–H and O–H groups in total. The number of anilines is 1. The van der Waals surface area contributed by atoms with Crippen molar-refractivity contribution in [3.05, 3.63) is 27.7 Å². The van der Waals surface area contributed by atoms with Crippen LogP contribution in [0, 0.1) is 0 Å². The highest BCUT2D eigenvalue weighted by Gasteiger charge is 2.24. The minimum atomic E-state index is -0.0466. The maximum Gasteiger partial charge on any atom is 0.221 e. The summed E-state index contributed by atoms with van der Waals surface area (Å²) in [5.74, 6) is -0.0466. The quantitative estimate of drug-likeness (QED) is 0.773. The van der Waals surface area contributed by atoms with Crippen molar-refractivity contribution in [1.82, 2.24) is 0 Å². The fourth-order valence-corrected chi connectivity index (χ4v) is 2.49. The molecule has 0 aliphatic rings. The molecular weight excluding hydrogens is 302 g/mol. The van der Waals surface area contributed by atoms with E-state index in [0.29, 0.717) is 0 Å². The van der Waals surface area contributed by atoms with Crippen LogP contribution in [0.25, 0.3) is 0 Å². The molecule has 0 spiro atoms. The summed E-state index contributed by atoms with van der Waals surface area (Å²) in [4.78, 5) is 11.4. The second-order valence-electron chi connectivity index (χ2n) is 7.06. The van der Waals surface area contributed by atoms with E-state index in [1.807, 2.05) is 0 Å². The van der Waals surface area contributed by atoms with Crippen LogP contribution in [0.2, 0.25) is 0 Å². The smallest absolute Gasteiger partial charge is 0.221 e. The molecule has 1 amide bonds. The zero-order valence-electron chi connectivity index (χ0n) is 12.9. The van der Waals surface area contributed by atoms with Gasteiger partial charge in [-0.15, -0.1) is 0 Å². The third-order valence-corrected chi connectivity index (χ3v) is 3.69. The normalized spacial score (nSPS) is 12.4. The standard InChI is InChI=1S/C16H24BrNO/c1-10(19)18-14-12(16(5,6)7)8-11(9-13(14)17)15(2,3)4/h8-9H,1-7H3,(H,18,19). The Hall–Kier alpha value is -0.830. The van der Waals surface area contributed by atoms with Gasteiger partial charge in [0.05, 0.1) is 5.69 Å². The van der Waals surface area contributed by atoms with Crippen LogP contribution in [-0.2, 0) is 15.6 Å². The van der Waals surface area contributed by atoms with Crippen molar-refractivity contribution in [2.75, 3.05) is 5.32 Å².